The summed E-state index contributed by atoms with van der Waals surface area (Å²) in [5, 5.41) is 6.12. The minimum absolute atomic E-state index is 0.0732. The van der Waals surface area contributed by atoms with Crippen LogP contribution in [0.4, 0.5) is 11.4 Å². The summed E-state index contributed by atoms with van der Waals surface area (Å²) in [6, 6.07) is 8.32. The Balaban J connectivity index is 1.33. The van der Waals surface area contributed by atoms with Crippen LogP contribution in [0.25, 0.3) is 0 Å². The number of amides is 2. The van der Waals surface area contributed by atoms with E-state index in [9.17, 15) is 9.59 Å². The molecule has 1 aliphatic heterocycles. The molecular formula is C23H33N3O2. The molecule has 0 spiro atoms. The third-order valence-electron chi connectivity index (χ3n) is 6.83. The molecule has 2 amide bonds. The Kier molecular flexibility index (Phi) is 5.61. The molecule has 28 heavy (non-hydrogen) atoms. The van der Waals surface area contributed by atoms with Crippen LogP contribution < -0.4 is 15.5 Å². The van der Waals surface area contributed by atoms with Crippen molar-refractivity contribution in [1.82, 2.24) is 5.32 Å². The molecule has 0 radical (unpaired) electrons. The average Bonchev–Trinajstić information content (AvgIpc) is 3.52. The molecule has 3 fully saturated rings. The maximum Gasteiger partial charge on any atom is 0.240 e. The first-order valence-electron chi connectivity index (χ1n) is 11.0. The van der Waals surface area contributed by atoms with E-state index in [1.54, 1.807) is 0 Å². The molecule has 4 rings (SSSR count). The lowest BCUT2D eigenvalue weighted by Crippen LogP contribution is -2.45. The van der Waals surface area contributed by atoms with Crippen LogP contribution in [0.5, 0.6) is 0 Å². The maximum atomic E-state index is 12.8. The number of hydrogen-bond acceptors (Lipinski definition) is 3. The molecule has 152 valence electrons. The zero-order chi connectivity index (χ0) is 19.6. The summed E-state index contributed by atoms with van der Waals surface area (Å²) in [4.78, 5) is 28.0. The van der Waals surface area contributed by atoms with Crippen molar-refractivity contribution in [3.8, 4) is 0 Å². The lowest BCUT2D eigenvalue weighted by Gasteiger charge is -2.32. The van der Waals surface area contributed by atoms with E-state index >= 15 is 0 Å². The van der Waals surface area contributed by atoms with Gasteiger partial charge < -0.3 is 15.5 Å². The van der Waals surface area contributed by atoms with Crippen molar-refractivity contribution in [3.63, 3.8) is 0 Å². The van der Waals surface area contributed by atoms with E-state index in [1.807, 2.05) is 12.1 Å². The topological polar surface area (TPSA) is 61.4 Å². The Morgan fingerprint density at radius 3 is 2.18 bits per heavy atom. The minimum Gasteiger partial charge on any atom is -0.372 e. The number of rotatable bonds is 5. The van der Waals surface area contributed by atoms with E-state index in [0.717, 1.165) is 37.5 Å². The second-order valence-electron chi connectivity index (χ2n) is 9.06. The van der Waals surface area contributed by atoms with Gasteiger partial charge in [-0.25, -0.2) is 0 Å². The van der Waals surface area contributed by atoms with E-state index in [-0.39, 0.29) is 17.9 Å². The van der Waals surface area contributed by atoms with E-state index in [2.05, 4.69) is 34.6 Å². The summed E-state index contributed by atoms with van der Waals surface area (Å²) in [6.07, 6.45) is 9.46. The number of anilines is 2. The SMILES string of the molecule is CC1CCN(c2ccc(NC(=O)C3(C(=O)NC4CCCCC4)CC3)cc2)CC1. The van der Waals surface area contributed by atoms with Crippen LogP contribution in [0.2, 0.25) is 0 Å². The predicted octanol–water partition coefficient (Wildman–Crippen LogP) is 4.09. The summed E-state index contributed by atoms with van der Waals surface area (Å²) in [7, 11) is 0. The van der Waals surface area contributed by atoms with E-state index in [0.29, 0.717) is 12.8 Å². The molecule has 2 N–H and O–H groups in total. The van der Waals surface area contributed by atoms with Crippen molar-refractivity contribution >= 4 is 23.2 Å². The van der Waals surface area contributed by atoms with Gasteiger partial charge in [0.1, 0.15) is 5.41 Å². The number of nitrogens with zero attached hydrogens (tertiary/aromatic N) is 1. The summed E-state index contributed by atoms with van der Waals surface area (Å²) in [6.45, 7) is 4.50. The van der Waals surface area contributed by atoms with Gasteiger partial charge in [-0.2, -0.15) is 0 Å². The fraction of sp³-hybridized carbons (Fsp3) is 0.652. The highest BCUT2D eigenvalue weighted by atomic mass is 16.2. The fourth-order valence-corrected chi connectivity index (χ4v) is 4.53. The van der Waals surface area contributed by atoms with Crippen LogP contribution in [0.3, 0.4) is 0 Å². The molecule has 5 heteroatoms. The Morgan fingerprint density at radius 2 is 1.57 bits per heavy atom. The van der Waals surface area contributed by atoms with Crippen molar-refractivity contribution in [1.29, 1.82) is 0 Å². The van der Waals surface area contributed by atoms with E-state index < -0.39 is 5.41 Å². The largest absolute Gasteiger partial charge is 0.372 e. The summed E-state index contributed by atoms with van der Waals surface area (Å²) >= 11 is 0. The average molecular weight is 384 g/mol. The van der Waals surface area contributed by atoms with Gasteiger partial charge in [-0.15, -0.1) is 0 Å². The number of nitrogens with one attached hydrogen (secondary N) is 2. The molecule has 2 aliphatic carbocycles. The van der Waals surface area contributed by atoms with Gasteiger partial charge in [-0.05, 0) is 68.7 Å². The van der Waals surface area contributed by atoms with Gasteiger partial charge in [0.05, 0.1) is 0 Å². The first-order valence-corrected chi connectivity index (χ1v) is 11.0. The van der Waals surface area contributed by atoms with Crippen LogP contribution in [0.15, 0.2) is 24.3 Å². The quantitative estimate of drug-likeness (QED) is 0.753. The van der Waals surface area contributed by atoms with E-state index in [4.69, 9.17) is 0 Å². The lowest BCUT2D eigenvalue weighted by molar-refractivity contribution is -0.135. The normalized spacial score (nSPS) is 22.5. The lowest BCUT2D eigenvalue weighted by atomic mass is 9.94. The predicted molar refractivity (Wildman–Crippen MR) is 112 cm³/mol. The molecule has 1 aromatic rings. The zero-order valence-electron chi connectivity index (χ0n) is 17.0. The third-order valence-corrected chi connectivity index (χ3v) is 6.83. The van der Waals surface area contributed by atoms with Gasteiger partial charge >= 0.3 is 0 Å². The fourth-order valence-electron chi connectivity index (χ4n) is 4.53. The monoisotopic (exact) mass is 383 g/mol. The number of carbonyl (C=O) groups is 2. The highest BCUT2D eigenvalue weighted by molar-refractivity contribution is 6.13. The molecule has 0 atom stereocenters. The zero-order valence-corrected chi connectivity index (χ0v) is 17.0. The molecule has 5 nitrogen and oxygen atoms in total. The highest BCUT2D eigenvalue weighted by Gasteiger charge is 2.56. The van der Waals surface area contributed by atoms with Gasteiger partial charge in [-0.3, -0.25) is 9.59 Å². The minimum atomic E-state index is -0.848. The Bertz CT molecular complexity index is 697. The molecule has 0 bridgehead atoms. The number of piperidine rings is 1. The Labute approximate surface area is 168 Å². The van der Waals surface area contributed by atoms with Crippen LogP contribution in [-0.2, 0) is 9.59 Å². The van der Waals surface area contributed by atoms with Crippen molar-refractivity contribution in [2.45, 2.75) is 70.8 Å². The molecule has 1 heterocycles. The second kappa shape index (κ2) is 8.14. The molecule has 1 saturated heterocycles. The molecule has 2 saturated carbocycles. The van der Waals surface area contributed by atoms with Crippen molar-refractivity contribution in [3.05, 3.63) is 24.3 Å². The molecule has 3 aliphatic rings. The summed E-state index contributed by atoms with van der Waals surface area (Å²) < 4.78 is 0. The van der Waals surface area contributed by atoms with Crippen LogP contribution in [0.1, 0.15) is 64.7 Å². The summed E-state index contributed by atoms with van der Waals surface area (Å²) in [5.74, 6) is 0.584. The van der Waals surface area contributed by atoms with Crippen molar-refractivity contribution in [2.24, 2.45) is 11.3 Å². The van der Waals surface area contributed by atoms with Crippen molar-refractivity contribution in [2.75, 3.05) is 23.3 Å². The van der Waals surface area contributed by atoms with Crippen LogP contribution >= 0.6 is 0 Å². The van der Waals surface area contributed by atoms with Crippen LogP contribution in [0, 0.1) is 11.3 Å². The molecule has 1 aromatic carbocycles. The van der Waals surface area contributed by atoms with Gasteiger partial charge in [-0.1, -0.05) is 26.2 Å². The maximum absolute atomic E-state index is 12.8. The molecular weight excluding hydrogens is 350 g/mol. The van der Waals surface area contributed by atoms with Gasteiger partial charge in [0, 0.05) is 30.5 Å². The standard InChI is InChI=1S/C23H33N3O2/c1-17-11-15-26(16-12-17)20-9-7-19(8-10-20)25-22(28)23(13-14-23)21(27)24-18-5-3-2-4-6-18/h7-10,17-18H,2-6,11-16H2,1H3,(H,24,27)(H,25,28). The third kappa shape index (κ3) is 4.18. The number of hydrogen-bond donors (Lipinski definition) is 2. The molecule has 0 unspecified atom stereocenters. The molecule has 0 aromatic heterocycles. The van der Waals surface area contributed by atoms with Crippen molar-refractivity contribution < 1.29 is 9.59 Å². The van der Waals surface area contributed by atoms with Gasteiger partial charge in [0.25, 0.3) is 0 Å². The first-order chi connectivity index (χ1) is 13.6. The summed E-state index contributed by atoms with van der Waals surface area (Å²) in [5.41, 5.74) is 1.14. The van der Waals surface area contributed by atoms with Gasteiger partial charge in [0.15, 0.2) is 0 Å². The number of benzene rings is 1. The smallest absolute Gasteiger partial charge is 0.240 e. The Hall–Kier alpha value is -2.04. The Morgan fingerprint density at radius 1 is 0.929 bits per heavy atom. The highest BCUT2D eigenvalue weighted by Crippen LogP contribution is 2.47. The number of carbonyl (C=O) groups excluding carboxylic acids is 2. The van der Waals surface area contributed by atoms with E-state index in [1.165, 1.54) is 37.8 Å². The van der Waals surface area contributed by atoms with Gasteiger partial charge in [0.2, 0.25) is 11.8 Å². The second-order valence-corrected chi connectivity index (χ2v) is 9.06. The van der Waals surface area contributed by atoms with Crippen LogP contribution in [-0.4, -0.2) is 30.9 Å². The first kappa shape index (κ1) is 19.3.